The number of halogens is 1. The number of hydrogen-bond donors (Lipinski definition) is 2. The van der Waals surface area contributed by atoms with Crippen molar-refractivity contribution in [3.8, 4) is 5.75 Å². The molecule has 7 nitrogen and oxygen atoms in total. The Morgan fingerprint density at radius 3 is 2.68 bits per heavy atom. The van der Waals surface area contributed by atoms with E-state index in [0.29, 0.717) is 19.0 Å². The summed E-state index contributed by atoms with van der Waals surface area (Å²) < 4.78 is 21.6. The Balaban J connectivity index is 1.98. The SMILES string of the molecule is CCCCNC(=NCc1nnc(C)n1C)NCC(CC)Oc1ccccc1F. The molecule has 0 saturated carbocycles. The van der Waals surface area contributed by atoms with Crippen molar-refractivity contribution in [3.63, 3.8) is 0 Å². The molecule has 1 heterocycles. The summed E-state index contributed by atoms with van der Waals surface area (Å²) in [6.07, 6.45) is 2.71. The summed E-state index contributed by atoms with van der Waals surface area (Å²) in [5, 5.41) is 14.8. The fraction of sp³-hybridized carbons (Fsp3) is 0.550. The minimum Gasteiger partial charge on any atom is -0.486 e. The van der Waals surface area contributed by atoms with E-state index in [1.807, 2.05) is 25.5 Å². The van der Waals surface area contributed by atoms with Crippen molar-refractivity contribution in [1.29, 1.82) is 0 Å². The Morgan fingerprint density at radius 2 is 2.04 bits per heavy atom. The zero-order valence-electron chi connectivity index (χ0n) is 17.2. The Hall–Kier alpha value is -2.64. The molecule has 0 radical (unpaired) electrons. The molecule has 28 heavy (non-hydrogen) atoms. The van der Waals surface area contributed by atoms with Crippen LogP contribution >= 0.6 is 0 Å². The van der Waals surface area contributed by atoms with E-state index in [-0.39, 0.29) is 17.7 Å². The van der Waals surface area contributed by atoms with Crippen LogP contribution in [0.5, 0.6) is 5.75 Å². The first-order chi connectivity index (χ1) is 13.5. The van der Waals surface area contributed by atoms with Crippen LogP contribution in [0, 0.1) is 12.7 Å². The van der Waals surface area contributed by atoms with Gasteiger partial charge in [0.05, 0.1) is 6.54 Å². The quantitative estimate of drug-likeness (QED) is 0.371. The molecule has 2 aromatic rings. The molecule has 0 spiro atoms. The number of aryl methyl sites for hydroxylation is 1. The number of nitrogens with zero attached hydrogens (tertiary/aromatic N) is 4. The van der Waals surface area contributed by atoms with E-state index < -0.39 is 0 Å². The Morgan fingerprint density at radius 1 is 1.25 bits per heavy atom. The lowest BCUT2D eigenvalue weighted by Gasteiger charge is -2.20. The maximum Gasteiger partial charge on any atom is 0.191 e. The standard InChI is InChI=1S/C20H31FN6O/c1-5-7-12-22-20(24-14-19-26-25-15(3)27(19)4)23-13-16(6-2)28-18-11-9-8-10-17(18)21/h8-11,16H,5-7,12-14H2,1-4H3,(H2,22,23,24). The summed E-state index contributed by atoms with van der Waals surface area (Å²) in [5.41, 5.74) is 0. The van der Waals surface area contributed by atoms with Crippen LogP contribution in [-0.2, 0) is 13.6 Å². The van der Waals surface area contributed by atoms with E-state index in [2.05, 4.69) is 32.7 Å². The monoisotopic (exact) mass is 390 g/mol. The van der Waals surface area contributed by atoms with Gasteiger partial charge < -0.3 is 19.9 Å². The molecule has 0 aliphatic heterocycles. The molecule has 1 unspecified atom stereocenters. The molecule has 2 N–H and O–H groups in total. The third kappa shape index (κ3) is 6.51. The van der Waals surface area contributed by atoms with Gasteiger partial charge in [-0.2, -0.15) is 0 Å². The Bertz CT molecular complexity index is 761. The molecule has 2 rings (SSSR count). The van der Waals surface area contributed by atoms with Crippen molar-refractivity contribution in [2.75, 3.05) is 13.1 Å². The number of nitrogens with one attached hydrogen (secondary N) is 2. The number of aliphatic imine (C=N–C) groups is 1. The number of guanidine groups is 1. The van der Waals surface area contributed by atoms with Gasteiger partial charge in [0.2, 0.25) is 0 Å². The van der Waals surface area contributed by atoms with Crippen LogP contribution in [-0.4, -0.2) is 39.9 Å². The Labute approximate surface area is 166 Å². The average Bonchev–Trinajstić information content (AvgIpc) is 3.02. The van der Waals surface area contributed by atoms with Crippen molar-refractivity contribution in [1.82, 2.24) is 25.4 Å². The molecule has 154 valence electrons. The average molecular weight is 391 g/mol. The maximum absolute atomic E-state index is 13.8. The zero-order valence-corrected chi connectivity index (χ0v) is 17.2. The van der Waals surface area contributed by atoms with Gasteiger partial charge in [0, 0.05) is 13.6 Å². The van der Waals surface area contributed by atoms with Gasteiger partial charge >= 0.3 is 0 Å². The van der Waals surface area contributed by atoms with E-state index in [4.69, 9.17) is 4.74 Å². The molecule has 8 heteroatoms. The van der Waals surface area contributed by atoms with Crippen LogP contribution in [0.3, 0.4) is 0 Å². The van der Waals surface area contributed by atoms with Crippen molar-refractivity contribution < 1.29 is 9.13 Å². The van der Waals surface area contributed by atoms with Crippen LogP contribution < -0.4 is 15.4 Å². The maximum atomic E-state index is 13.8. The summed E-state index contributed by atoms with van der Waals surface area (Å²) in [6.45, 7) is 7.82. The predicted molar refractivity (Wildman–Crippen MR) is 109 cm³/mol. The topological polar surface area (TPSA) is 76.4 Å². The van der Waals surface area contributed by atoms with Gasteiger partial charge in [-0.3, -0.25) is 0 Å². The molecular weight excluding hydrogens is 359 g/mol. The third-order valence-corrected chi connectivity index (χ3v) is 4.47. The van der Waals surface area contributed by atoms with Crippen LogP contribution in [0.1, 0.15) is 44.8 Å². The van der Waals surface area contributed by atoms with E-state index in [1.165, 1.54) is 6.07 Å². The molecule has 0 aliphatic carbocycles. The van der Waals surface area contributed by atoms with E-state index in [0.717, 1.165) is 37.5 Å². The van der Waals surface area contributed by atoms with Gasteiger partial charge in [0.1, 0.15) is 18.5 Å². The van der Waals surface area contributed by atoms with E-state index >= 15 is 0 Å². The smallest absolute Gasteiger partial charge is 0.191 e. The highest BCUT2D eigenvalue weighted by Gasteiger charge is 2.12. The second kappa shape index (κ2) is 11.3. The van der Waals surface area contributed by atoms with E-state index in [1.54, 1.807) is 18.2 Å². The summed E-state index contributed by atoms with van der Waals surface area (Å²) in [4.78, 5) is 4.61. The highest BCUT2D eigenvalue weighted by Crippen LogP contribution is 2.17. The van der Waals surface area contributed by atoms with Gasteiger partial charge in [-0.1, -0.05) is 32.4 Å². The fourth-order valence-corrected chi connectivity index (χ4v) is 2.50. The fourth-order valence-electron chi connectivity index (χ4n) is 2.50. The number of benzene rings is 1. The highest BCUT2D eigenvalue weighted by atomic mass is 19.1. The van der Waals surface area contributed by atoms with Crippen molar-refractivity contribution in [2.24, 2.45) is 12.0 Å². The minimum atomic E-state index is -0.353. The number of unbranched alkanes of at least 4 members (excludes halogenated alkanes) is 1. The lowest BCUT2D eigenvalue weighted by atomic mass is 10.2. The molecule has 0 saturated heterocycles. The Kier molecular flexibility index (Phi) is 8.71. The van der Waals surface area contributed by atoms with E-state index in [9.17, 15) is 4.39 Å². The van der Waals surface area contributed by atoms with Crippen LogP contribution in [0.4, 0.5) is 4.39 Å². The first kappa shape index (κ1) is 21.7. The summed E-state index contributed by atoms with van der Waals surface area (Å²) in [7, 11) is 1.92. The van der Waals surface area contributed by atoms with Crippen molar-refractivity contribution >= 4 is 5.96 Å². The lowest BCUT2D eigenvalue weighted by molar-refractivity contribution is 0.191. The first-order valence-electron chi connectivity index (χ1n) is 9.83. The first-order valence-corrected chi connectivity index (χ1v) is 9.83. The van der Waals surface area contributed by atoms with Crippen LogP contribution in [0.25, 0.3) is 0 Å². The largest absolute Gasteiger partial charge is 0.486 e. The lowest BCUT2D eigenvalue weighted by Crippen LogP contribution is -2.43. The van der Waals surface area contributed by atoms with Crippen LogP contribution in [0.15, 0.2) is 29.3 Å². The van der Waals surface area contributed by atoms with Crippen molar-refractivity contribution in [2.45, 2.75) is 52.7 Å². The molecule has 0 bridgehead atoms. The molecule has 0 fully saturated rings. The van der Waals surface area contributed by atoms with Gasteiger partial charge in [-0.15, -0.1) is 10.2 Å². The second-order valence-corrected chi connectivity index (χ2v) is 6.63. The van der Waals surface area contributed by atoms with Gasteiger partial charge in [0.15, 0.2) is 23.4 Å². The number of rotatable bonds is 10. The number of para-hydroxylation sites is 1. The summed E-state index contributed by atoms with van der Waals surface area (Å²) in [6, 6.07) is 6.46. The second-order valence-electron chi connectivity index (χ2n) is 6.63. The molecule has 1 atom stereocenters. The highest BCUT2D eigenvalue weighted by molar-refractivity contribution is 5.79. The zero-order chi connectivity index (χ0) is 20.4. The molecule has 1 aromatic carbocycles. The van der Waals surface area contributed by atoms with Gasteiger partial charge in [-0.05, 0) is 31.9 Å². The molecule has 1 aromatic heterocycles. The molecule has 0 amide bonds. The number of hydrogen-bond acceptors (Lipinski definition) is 4. The minimum absolute atomic E-state index is 0.174. The molecule has 0 aliphatic rings. The number of ether oxygens (including phenoxy) is 1. The van der Waals surface area contributed by atoms with Crippen molar-refractivity contribution in [3.05, 3.63) is 41.7 Å². The predicted octanol–water partition coefficient (Wildman–Crippen LogP) is 2.96. The van der Waals surface area contributed by atoms with Gasteiger partial charge in [0.25, 0.3) is 0 Å². The van der Waals surface area contributed by atoms with Gasteiger partial charge in [-0.25, -0.2) is 9.38 Å². The summed E-state index contributed by atoms with van der Waals surface area (Å²) >= 11 is 0. The summed E-state index contributed by atoms with van der Waals surface area (Å²) in [5.74, 6) is 2.24. The number of aromatic nitrogens is 3. The third-order valence-electron chi connectivity index (χ3n) is 4.47. The normalized spacial score (nSPS) is 12.7. The molecular formula is C20H31FN6O. The van der Waals surface area contributed by atoms with Crippen LogP contribution in [0.2, 0.25) is 0 Å².